The van der Waals surface area contributed by atoms with Gasteiger partial charge in [-0.25, -0.2) is 0 Å². The highest BCUT2D eigenvalue weighted by atomic mass is 14.9. The van der Waals surface area contributed by atoms with E-state index in [1.165, 1.54) is 31.2 Å². The van der Waals surface area contributed by atoms with Crippen molar-refractivity contribution in [3.63, 3.8) is 0 Å². The summed E-state index contributed by atoms with van der Waals surface area (Å²) in [6.07, 6.45) is 9.43. The second-order valence-electron chi connectivity index (χ2n) is 4.55. The zero-order valence-corrected chi connectivity index (χ0v) is 9.45. The van der Waals surface area contributed by atoms with E-state index < -0.39 is 0 Å². The molecule has 1 aromatic rings. The molecule has 1 aliphatic carbocycles. The Morgan fingerprint density at radius 2 is 2.40 bits per heavy atom. The summed E-state index contributed by atoms with van der Waals surface area (Å²) < 4.78 is 0. The molecule has 1 aromatic heterocycles. The van der Waals surface area contributed by atoms with Crippen LogP contribution in [0.1, 0.15) is 44.2 Å². The summed E-state index contributed by atoms with van der Waals surface area (Å²) in [5.41, 5.74) is 1.28. The molecule has 0 radical (unpaired) electrons. The first-order valence-electron chi connectivity index (χ1n) is 5.99. The van der Waals surface area contributed by atoms with Crippen LogP contribution in [0.4, 0.5) is 0 Å². The molecule has 2 heteroatoms. The predicted molar refractivity (Wildman–Crippen MR) is 62.6 cm³/mol. The van der Waals surface area contributed by atoms with Gasteiger partial charge in [0.2, 0.25) is 0 Å². The lowest BCUT2D eigenvalue weighted by Crippen LogP contribution is -2.19. The fourth-order valence-corrected chi connectivity index (χ4v) is 1.87. The summed E-state index contributed by atoms with van der Waals surface area (Å²) in [5.74, 6) is 1.06. The number of pyridine rings is 1. The molecule has 1 atom stereocenters. The minimum atomic E-state index is 0.429. The highest BCUT2D eigenvalue weighted by Crippen LogP contribution is 2.33. The first-order valence-corrected chi connectivity index (χ1v) is 5.99. The van der Waals surface area contributed by atoms with Gasteiger partial charge in [-0.2, -0.15) is 0 Å². The van der Waals surface area contributed by atoms with E-state index in [1.54, 1.807) is 0 Å². The Labute approximate surface area is 92.1 Å². The van der Waals surface area contributed by atoms with Gasteiger partial charge in [-0.3, -0.25) is 4.98 Å². The molecule has 0 amide bonds. The molecule has 82 valence electrons. The number of nitrogens with zero attached hydrogens (tertiary/aromatic N) is 1. The van der Waals surface area contributed by atoms with Crippen molar-refractivity contribution in [2.45, 2.75) is 38.6 Å². The molecule has 1 unspecified atom stereocenters. The van der Waals surface area contributed by atoms with Crippen LogP contribution in [0.5, 0.6) is 0 Å². The first-order chi connectivity index (χ1) is 7.36. The minimum absolute atomic E-state index is 0.429. The highest BCUT2D eigenvalue weighted by Gasteiger charge is 2.20. The summed E-state index contributed by atoms with van der Waals surface area (Å²) in [5, 5.41) is 3.54. The van der Waals surface area contributed by atoms with Crippen LogP contribution in [0.15, 0.2) is 24.5 Å². The summed E-state index contributed by atoms with van der Waals surface area (Å²) in [6, 6.07) is 4.56. The Morgan fingerprint density at radius 3 is 3.07 bits per heavy atom. The Balaban J connectivity index is 1.65. The molecular weight excluding hydrogens is 184 g/mol. The second kappa shape index (κ2) is 5.26. The van der Waals surface area contributed by atoms with Crippen molar-refractivity contribution in [3.8, 4) is 0 Å². The Hall–Kier alpha value is -0.890. The van der Waals surface area contributed by atoms with Gasteiger partial charge in [-0.05, 0) is 43.9 Å². The molecule has 0 aliphatic heterocycles. The quantitative estimate of drug-likeness (QED) is 0.721. The van der Waals surface area contributed by atoms with E-state index in [1.807, 2.05) is 18.5 Å². The average Bonchev–Trinajstić information content (AvgIpc) is 3.09. The van der Waals surface area contributed by atoms with Crippen molar-refractivity contribution in [1.29, 1.82) is 0 Å². The largest absolute Gasteiger partial charge is 0.310 e. The van der Waals surface area contributed by atoms with Gasteiger partial charge in [0.15, 0.2) is 0 Å². The van der Waals surface area contributed by atoms with Crippen molar-refractivity contribution < 1.29 is 0 Å². The van der Waals surface area contributed by atoms with Crippen LogP contribution in [-0.2, 0) is 0 Å². The number of aromatic nitrogens is 1. The third-order valence-corrected chi connectivity index (χ3v) is 3.12. The molecule has 1 aliphatic rings. The van der Waals surface area contributed by atoms with Crippen LogP contribution >= 0.6 is 0 Å². The summed E-state index contributed by atoms with van der Waals surface area (Å²) >= 11 is 0. The van der Waals surface area contributed by atoms with Gasteiger partial charge in [0.1, 0.15) is 0 Å². The average molecular weight is 204 g/mol. The Bertz CT molecular complexity index is 280. The van der Waals surface area contributed by atoms with Crippen molar-refractivity contribution in [1.82, 2.24) is 10.3 Å². The maximum Gasteiger partial charge on any atom is 0.0315 e. The van der Waals surface area contributed by atoms with E-state index >= 15 is 0 Å². The number of hydrogen-bond acceptors (Lipinski definition) is 2. The summed E-state index contributed by atoms with van der Waals surface area (Å²) in [7, 11) is 0. The van der Waals surface area contributed by atoms with Gasteiger partial charge in [0, 0.05) is 18.4 Å². The van der Waals surface area contributed by atoms with Crippen LogP contribution in [-0.4, -0.2) is 11.5 Å². The maximum atomic E-state index is 4.13. The molecule has 2 rings (SSSR count). The number of hydrogen-bond donors (Lipinski definition) is 1. The topological polar surface area (TPSA) is 24.9 Å². The Kier molecular flexibility index (Phi) is 3.73. The Morgan fingerprint density at radius 1 is 1.53 bits per heavy atom. The predicted octanol–water partition coefficient (Wildman–Crippen LogP) is 2.92. The van der Waals surface area contributed by atoms with Crippen molar-refractivity contribution in [3.05, 3.63) is 30.1 Å². The van der Waals surface area contributed by atoms with Gasteiger partial charge < -0.3 is 5.32 Å². The third-order valence-electron chi connectivity index (χ3n) is 3.12. The van der Waals surface area contributed by atoms with Crippen LogP contribution in [0.25, 0.3) is 0 Å². The lowest BCUT2D eigenvalue weighted by molar-refractivity contribution is 0.532. The van der Waals surface area contributed by atoms with Gasteiger partial charge in [0.05, 0.1) is 0 Å². The minimum Gasteiger partial charge on any atom is -0.310 e. The monoisotopic (exact) mass is 204 g/mol. The van der Waals surface area contributed by atoms with E-state index in [0.29, 0.717) is 6.04 Å². The molecule has 0 aromatic carbocycles. The van der Waals surface area contributed by atoms with E-state index in [-0.39, 0.29) is 0 Å². The molecule has 1 fully saturated rings. The van der Waals surface area contributed by atoms with Crippen LogP contribution in [0.3, 0.4) is 0 Å². The van der Waals surface area contributed by atoms with Crippen LogP contribution < -0.4 is 5.32 Å². The highest BCUT2D eigenvalue weighted by molar-refractivity contribution is 5.12. The molecule has 0 saturated heterocycles. The van der Waals surface area contributed by atoms with Crippen molar-refractivity contribution in [2.75, 3.05) is 6.54 Å². The molecule has 0 spiro atoms. The molecule has 1 saturated carbocycles. The fourth-order valence-electron chi connectivity index (χ4n) is 1.87. The smallest absolute Gasteiger partial charge is 0.0315 e. The maximum absolute atomic E-state index is 4.13. The van der Waals surface area contributed by atoms with Gasteiger partial charge in [0.25, 0.3) is 0 Å². The molecule has 15 heavy (non-hydrogen) atoms. The second-order valence-corrected chi connectivity index (χ2v) is 4.55. The van der Waals surface area contributed by atoms with E-state index in [2.05, 4.69) is 23.3 Å². The summed E-state index contributed by atoms with van der Waals surface area (Å²) in [4.78, 5) is 4.13. The first kappa shape index (κ1) is 10.6. The van der Waals surface area contributed by atoms with E-state index in [9.17, 15) is 0 Å². The SMILES string of the molecule is CC(NCCCC1CC1)c1cccnc1. The molecular formula is C13H20N2. The normalized spacial score (nSPS) is 17.7. The lowest BCUT2D eigenvalue weighted by atomic mass is 10.1. The third kappa shape index (κ3) is 3.63. The van der Waals surface area contributed by atoms with Crippen molar-refractivity contribution >= 4 is 0 Å². The van der Waals surface area contributed by atoms with Crippen LogP contribution in [0.2, 0.25) is 0 Å². The van der Waals surface area contributed by atoms with Crippen molar-refractivity contribution in [2.24, 2.45) is 5.92 Å². The number of rotatable bonds is 6. The number of nitrogens with one attached hydrogen (secondary N) is 1. The zero-order chi connectivity index (χ0) is 10.5. The standard InChI is InChI=1S/C13H20N2/c1-11(13-5-3-8-14-10-13)15-9-2-4-12-6-7-12/h3,5,8,10-12,15H,2,4,6-7,9H2,1H3. The van der Waals surface area contributed by atoms with Crippen LogP contribution in [0, 0.1) is 5.92 Å². The van der Waals surface area contributed by atoms with E-state index in [4.69, 9.17) is 0 Å². The fraction of sp³-hybridized carbons (Fsp3) is 0.615. The lowest BCUT2D eigenvalue weighted by Gasteiger charge is -2.13. The van der Waals surface area contributed by atoms with E-state index in [0.717, 1.165) is 12.5 Å². The van der Waals surface area contributed by atoms with Gasteiger partial charge in [-0.15, -0.1) is 0 Å². The zero-order valence-electron chi connectivity index (χ0n) is 9.45. The van der Waals surface area contributed by atoms with Gasteiger partial charge in [-0.1, -0.05) is 18.9 Å². The molecule has 1 N–H and O–H groups in total. The molecule has 1 heterocycles. The summed E-state index contributed by atoms with van der Waals surface area (Å²) in [6.45, 7) is 3.33. The molecule has 2 nitrogen and oxygen atoms in total. The van der Waals surface area contributed by atoms with Gasteiger partial charge >= 0.3 is 0 Å². The molecule has 0 bridgehead atoms.